The van der Waals surface area contributed by atoms with Crippen LogP contribution in [0.1, 0.15) is 15.9 Å². The molecule has 0 aliphatic rings. The van der Waals surface area contributed by atoms with E-state index >= 15 is 0 Å². The molecule has 0 aliphatic carbocycles. The maximum absolute atomic E-state index is 13.4. The van der Waals surface area contributed by atoms with E-state index in [9.17, 15) is 4.79 Å². The van der Waals surface area contributed by atoms with Gasteiger partial charge in [-0.1, -0.05) is 0 Å². The fourth-order valence-electron chi connectivity index (χ4n) is 4.44. The van der Waals surface area contributed by atoms with Crippen LogP contribution in [-0.4, -0.2) is 27.4 Å². The number of hydrogen-bond donors (Lipinski definition) is 0. The molecule has 0 spiro atoms. The van der Waals surface area contributed by atoms with Gasteiger partial charge >= 0.3 is 219 Å². The quantitative estimate of drug-likeness (QED) is 0.0939. The number of allylic oxidation sites excluding steroid dienone is 1. The van der Waals surface area contributed by atoms with E-state index in [1.54, 1.807) is 6.08 Å². The molecule has 0 atom stereocenters. The molecule has 0 aliphatic heterocycles. The minimum absolute atomic E-state index is 0.0778. The Labute approximate surface area is 217 Å². The summed E-state index contributed by atoms with van der Waals surface area (Å²) in [5.74, 6) is 0.522. The summed E-state index contributed by atoms with van der Waals surface area (Å²) in [6.45, 7) is 0. The van der Waals surface area contributed by atoms with E-state index in [2.05, 4.69) is 72.8 Å². The van der Waals surface area contributed by atoms with Crippen molar-refractivity contribution in [3.8, 4) is 0 Å². The van der Waals surface area contributed by atoms with Crippen molar-refractivity contribution >= 4 is 42.5 Å². The number of ketones is 1. The van der Waals surface area contributed by atoms with E-state index in [0.717, 1.165) is 5.56 Å². The molecule has 0 bridgehead atoms. The first-order chi connectivity index (χ1) is 17.8. The van der Waals surface area contributed by atoms with Crippen molar-refractivity contribution < 1.29 is 7.48 Å². The van der Waals surface area contributed by atoms with Gasteiger partial charge in [-0.3, -0.25) is 0 Å². The van der Waals surface area contributed by atoms with Gasteiger partial charge in [0.15, 0.2) is 0 Å². The van der Waals surface area contributed by atoms with Crippen LogP contribution < -0.4 is 9.37 Å². The van der Waals surface area contributed by atoms with Crippen molar-refractivity contribution in [2.24, 2.45) is 0 Å². The molecule has 0 saturated carbocycles. The topological polar surface area (TPSA) is 26.3 Å². The monoisotopic (exact) mass is 662 g/mol. The fraction of sp³-hybridized carbons (Fsp3) is 0. The Bertz CT molecular complexity index is 1340. The fourth-order valence-corrected chi connectivity index (χ4v) is 19.4. The first-order valence-electron chi connectivity index (χ1n) is 12.0. The SMILES string of the molecule is O=C(/C=C(\[O][Pb]([c]1ccccc1)([c]1ccccc1)[c]1ccccc1)c1ccccc1)c1ccccc1. The van der Waals surface area contributed by atoms with Crippen LogP contribution in [-0.2, 0) is 2.69 Å². The van der Waals surface area contributed by atoms with Crippen LogP contribution in [0, 0.1) is 0 Å². The molecule has 3 heteroatoms. The zero-order valence-corrected chi connectivity index (χ0v) is 23.7. The molecule has 0 amide bonds. The van der Waals surface area contributed by atoms with Crippen LogP contribution in [0.3, 0.4) is 0 Å². The second kappa shape index (κ2) is 11.3. The Morgan fingerprint density at radius 3 is 1.19 bits per heavy atom. The molecule has 174 valence electrons. The van der Waals surface area contributed by atoms with Crippen LogP contribution in [0.4, 0.5) is 0 Å². The summed E-state index contributed by atoms with van der Waals surface area (Å²) in [4.78, 5) is 13.4. The van der Waals surface area contributed by atoms with Gasteiger partial charge in [0.1, 0.15) is 0 Å². The first kappa shape index (κ1) is 23.9. The van der Waals surface area contributed by atoms with Gasteiger partial charge in [0, 0.05) is 0 Å². The van der Waals surface area contributed by atoms with Gasteiger partial charge < -0.3 is 0 Å². The van der Waals surface area contributed by atoms with Crippen LogP contribution in [0.5, 0.6) is 0 Å². The minimum atomic E-state index is -4.30. The van der Waals surface area contributed by atoms with E-state index < -0.39 is 21.6 Å². The van der Waals surface area contributed by atoms with Crippen LogP contribution in [0.15, 0.2) is 158 Å². The predicted octanol–water partition coefficient (Wildman–Crippen LogP) is 5.59. The molecule has 0 saturated heterocycles. The Balaban J connectivity index is 1.75. The summed E-state index contributed by atoms with van der Waals surface area (Å²) < 4.78 is 10.9. The molecule has 0 N–H and O–H groups in total. The zero-order valence-electron chi connectivity index (χ0n) is 19.8. The van der Waals surface area contributed by atoms with Crippen molar-refractivity contribution in [2.45, 2.75) is 0 Å². The Morgan fingerprint density at radius 2 is 0.806 bits per heavy atom. The summed E-state index contributed by atoms with van der Waals surface area (Å²) in [5.41, 5.74) is 1.52. The van der Waals surface area contributed by atoms with Gasteiger partial charge in [0.05, 0.1) is 0 Å². The average Bonchev–Trinajstić information content (AvgIpc) is 2.97. The number of rotatable bonds is 8. The molecular weight excluding hydrogens is 636 g/mol. The van der Waals surface area contributed by atoms with E-state index in [1.807, 2.05) is 78.9 Å². The maximum atomic E-state index is 13.4. The Hall–Kier alpha value is -3.77. The second-order valence-corrected chi connectivity index (χ2v) is 21.3. The molecule has 0 aromatic heterocycles. The summed E-state index contributed by atoms with van der Waals surface area (Å²) >= 11 is -4.30. The van der Waals surface area contributed by atoms with Crippen molar-refractivity contribution in [1.82, 2.24) is 0 Å². The van der Waals surface area contributed by atoms with Crippen LogP contribution >= 0.6 is 0 Å². The van der Waals surface area contributed by atoms with Crippen LogP contribution in [0.25, 0.3) is 5.76 Å². The first-order valence-corrected chi connectivity index (χ1v) is 19.4. The van der Waals surface area contributed by atoms with Gasteiger partial charge in [0.25, 0.3) is 0 Å². The Kier molecular flexibility index (Phi) is 7.53. The van der Waals surface area contributed by atoms with Crippen molar-refractivity contribution in [3.63, 3.8) is 0 Å². The summed E-state index contributed by atoms with van der Waals surface area (Å²) in [6.07, 6.45) is 1.66. The average molecular weight is 662 g/mol. The molecule has 0 fully saturated rings. The number of hydrogen-bond acceptors (Lipinski definition) is 2. The van der Waals surface area contributed by atoms with Gasteiger partial charge in [-0.15, -0.1) is 0 Å². The van der Waals surface area contributed by atoms with Crippen molar-refractivity contribution in [2.75, 3.05) is 0 Å². The van der Waals surface area contributed by atoms with E-state index in [1.165, 1.54) is 9.37 Å². The van der Waals surface area contributed by atoms with Gasteiger partial charge in [0.2, 0.25) is 0 Å². The molecule has 5 aromatic carbocycles. The van der Waals surface area contributed by atoms with Crippen molar-refractivity contribution in [3.05, 3.63) is 169 Å². The van der Waals surface area contributed by atoms with E-state index in [0.29, 0.717) is 11.3 Å². The van der Waals surface area contributed by atoms with Crippen molar-refractivity contribution in [1.29, 1.82) is 0 Å². The van der Waals surface area contributed by atoms with Gasteiger partial charge in [-0.2, -0.15) is 0 Å². The summed E-state index contributed by atoms with van der Waals surface area (Å²) in [5, 5.41) is 0. The summed E-state index contributed by atoms with van der Waals surface area (Å²) in [7, 11) is 0. The molecule has 2 nitrogen and oxygen atoms in total. The molecule has 0 unspecified atom stereocenters. The molecule has 5 aromatic rings. The number of carbonyl (C=O) groups is 1. The molecule has 36 heavy (non-hydrogen) atoms. The molecule has 5 rings (SSSR count). The third-order valence-electron chi connectivity index (χ3n) is 6.18. The molecule has 0 heterocycles. The third-order valence-corrected chi connectivity index (χ3v) is 21.6. The van der Waals surface area contributed by atoms with Gasteiger partial charge in [-0.05, 0) is 0 Å². The van der Waals surface area contributed by atoms with E-state index in [-0.39, 0.29) is 5.78 Å². The van der Waals surface area contributed by atoms with E-state index in [4.69, 9.17) is 2.69 Å². The molecule has 0 radical (unpaired) electrons. The zero-order chi connectivity index (χ0) is 24.6. The number of benzene rings is 5. The number of carbonyl (C=O) groups excluding carboxylic acids is 1. The second-order valence-electron chi connectivity index (χ2n) is 8.49. The molecular formula is C33H26O2Pb. The van der Waals surface area contributed by atoms with Gasteiger partial charge in [-0.25, -0.2) is 0 Å². The third kappa shape index (κ3) is 5.09. The standard InChI is InChI=1S/C15H12O2.3C6H5.Pb/c16-14(12-7-3-1-4-8-12)11-15(17)13-9-5-2-6-10-13;3*1-2-4-6-5-3-1;/h1-11,16H;3*1-5H;/q;;;;+1/p-1/b14-11-;;;;. The summed E-state index contributed by atoms with van der Waals surface area (Å²) in [6, 6.07) is 50.8. The Morgan fingerprint density at radius 1 is 0.472 bits per heavy atom. The van der Waals surface area contributed by atoms with Crippen LogP contribution in [0.2, 0.25) is 0 Å². The normalized spacial score (nSPS) is 11.6. The predicted molar refractivity (Wildman–Crippen MR) is 150 cm³/mol.